The number of likely N-dealkylation sites (tertiary alicyclic amines) is 2. The average molecular weight is 626 g/mol. The van der Waals surface area contributed by atoms with Gasteiger partial charge in [0.1, 0.15) is 30.2 Å². The summed E-state index contributed by atoms with van der Waals surface area (Å²) in [6, 6.07) is -5.32. The van der Waals surface area contributed by atoms with E-state index < -0.39 is 65.9 Å². The maximum atomic E-state index is 13.8. The van der Waals surface area contributed by atoms with Gasteiger partial charge in [-0.1, -0.05) is 0 Å². The molecule has 0 bridgehead atoms. The number of amides is 4. The summed E-state index contributed by atoms with van der Waals surface area (Å²) < 4.78 is 0. The van der Waals surface area contributed by atoms with Crippen molar-refractivity contribution < 1.29 is 34.2 Å². The molecule has 0 unspecified atom stereocenters. The Morgan fingerprint density at radius 2 is 1.36 bits per heavy atom. The van der Waals surface area contributed by atoms with Crippen molar-refractivity contribution in [3.05, 3.63) is 0 Å². The lowest BCUT2D eigenvalue weighted by Crippen LogP contribution is -2.58. The van der Waals surface area contributed by atoms with Gasteiger partial charge in [-0.2, -0.15) is 0 Å². The van der Waals surface area contributed by atoms with Crippen molar-refractivity contribution in [3.8, 4) is 0 Å². The lowest BCUT2D eigenvalue weighted by molar-refractivity contribution is -0.149. The molecule has 2 rings (SSSR count). The van der Waals surface area contributed by atoms with Gasteiger partial charge in [0.15, 0.2) is 11.9 Å². The van der Waals surface area contributed by atoms with E-state index in [1.807, 2.05) is 0 Å². The maximum absolute atomic E-state index is 13.8. The molecule has 0 spiro atoms. The topological polar surface area (TPSA) is 311 Å². The highest BCUT2D eigenvalue weighted by Gasteiger charge is 2.44. The number of nitrogens with two attached hydrogens (primary N) is 5. The molecule has 2 saturated heterocycles. The molecule has 0 radical (unpaired) electrons. The number of aliphatic hydroxyl groups is 1. The first-order chi connectivity index (χ1) is 20.7. The molecular formula is C26H47N11O7. The van der Waals surface area contributed by atoms with Gasteiger partial charge < -0.3 is 59.3 Å². The van der Waals surface area contributed by atoms with E-state index in [9.17, 15) is 34.2 Å². The van der Waals surface area contributed by atoms with Crippen LogP contribution >= 0.6 is 0 Å². The van der Waals surface area contributed by atoms with Crippen molar-refractivity contribution >= 4 is 41.5 Å². The number of carboxylic acid groups (broad SMARTS) is 1. The molecule has 2 heterocycles. The summed E-state index contributed by atoms with van der Waals surface area (Å²) >= 11 is 0. The molecule has 2 aliphatic heterocycles. The zero-order valence-corrected chi connectivity index (χ0v) is 25.1. The largest absolute Gasteiger partial charge is 0.480 e. The smallest absolute Gasteiger partial charge is 0.326 e. The molecule has 0 aliphatic carbocycles. The predicted molar refractivity (Wildman–Crippen MR) is 160 cm³/mol. The van der Waals surface area contributed by atoms with Crippen LogP contribution in [0, 0.1) is 0 Å². The number of hydrogen-bond donors (Lipinski definition) is 9. The first-order valence-corrected chi connectivity index (χ1v) is 14.7. The van der Waals surface area contributed by atoms with Gasteiger partial charge in [-0.15, -0.1) is 0 Å². The molecule has 2 fully saturated rings. The van der Waals surface area contributed by atoms with Crippen LogP contribution in [0.25, 0.3) is 0 Å². The molecule has 44 heavy (non-hydrogen) atoms. The standard InChI is InChI=1S/C26H47N11O7/c1-14(38)19(27)21(40)34-15(6-2-10-32-25(28)29)22(41)37-13-5-9-18(37)23(42)36-12-4-8-17(36)20(39)35-16(24(43)44)7-3-11-33-26(30)31/h14-19,38H,2-13,27H2,1H3,(H,34,40)(H,35,39)(H,43,44)(H4,28,29,32)(H4,30,31,33)/t14-,15+,16+,17+,18+,19+/m1/s1. The van der Waals surface area contributed by atoms with Crippen LogP contribution in [0.1, 0.15) is 58.3 Å². The second-order valence-corrected chi connectivity index (χ2v) is 11.0. The number of rotatable bonds is 16. The summed E-state index contributed by atoms with van der Waals surface area (Å²) in [6.07, 6.45) is 1.42. The van der Waals surface area contributed by atoms with Gasteiger partial charge in [-0.3, -0.25) is 29.2 Å². The van der Waals surface area contributed by atoms with Crippen LogP contribution in [0.4, 0.5) is 0 Å². The average Bonchev–Trinajstić information content (AvgIpc) is 3.65. The Morgan fingerprint density at radius 1 is 0.841 bits per heavy atom. The van der Waals surface area contributed by atoms with Gasteiger partial charge in [-0.05, 0) is 58.3 Å². The van der Waals surface area contributed by atoms with Crippen LogP contribution in [0.15, 0.2) is 9.98 Å². The Hall–Kier alpha value is -4.19. The molecular weight excluding hydrogens is 578 g/mol. The van der Waals surface area contributed by atoms with Crippen molar-refractivity contribution in [2.75, 3.05) is 26.2 Å². The third-order valence-corrected chi connectivity index (χ3v) is 7.60. The SMILES string of the molecule is C[C@@H](O)[C@H](N)C(=O)N[C@@H](CCCN=C(N)N)C(=O)N1CCC[C@H]1C(=O)N1CCC[C@H]1C(=O)N[C@@H](CCCN=C(N)N)C(=O)O. The lowest BCUT2D eigenvalue weighted by Gasteiger charge is -2.33. The number of carbonyl (C=O) groups is 5. The van der Waals surface area contributed by atoms with E-state index >= 15 is 0 Å². The molecule has 0 aromatic rings. The number of carbonyl (C=O) groups excluding carboxylic acids is 4. The summed E-state index contributed by atoms with van der Waals surface area (Å²) in [7, 11) is 0. The molecule has 0 aromatic heterocycles. The monoisotopic (exact) mass is 625 g/mol. The normalized spacial score (nSPS) is 20.6. The van der Waals surface area contributed by atoms with Gasteiger partial charge in [0.2, 0.25) is 23.6 Å². The third kappa shape index (κ3) is 10.5. The van der Waals surface area contributed by atoms with E-state index in [0.717, 1.165) is 0 Å². The Kier molecular flexibility index (Phi) is 14.1. The Labute approximate surface area is 255 Å². The van der Waals surface area contributed by atoms with Gasteiger partial charge in [-0.25, -0.2) is 4.79 Å². The summed E-state index contributed by atoms with van der Waals surface area (Å²) in [5.74, 6) is -3.74. The van der Waals surface area contributed by atoms with E-state index in [-0.39, 0.29) is 50.9 Å². The highest BCUT2D eigenvalue weighted by atomic mass is 16.4. The summed E-state index contributed by atoms with van der Waals surface area (Å²) in [5, 5.41) is 24.4. The molecule has 4 amide bonds. The minimum Gasteiger partial charge on any atom is -0.480 e. The van der Waals surface area contributed by atoms with Gasteiger partial charge in [0, 0.05) is 26.2 Å². The third-order valence-electron chi connectivity index (χ3n) is 7.60. The van der Waals surface area contributed by atoms with Gasteiger partial charge in [0.25, 0.3) is 0 Å². The first kappa shape index (κ1) is 36.0. The number of aliphatic carboxylic acids is 1. The van der Waals surface area contributed by atoms with Crippen molar-refractivity contribution in [1.82, 2.24) is 20.4 Å². The maximum Gasteiger partial charge on any atom is 0.326 e. The molecule has 248 valence electrons. The minimum atomic E-state index is -1.27. The summed E-state index contributed by atoms with van der Waals surface area (Å²) in [4.78, 5) is 75.5. The summed E-state index contributed by atoms with van der Waals surface area (Å²) in [6.45, 7) is 2.26. The second-order valence-electron chi connectivity index (χ2n) is 11.0. The Morgan fingerprint density at radius 3 is 1.89 bits per heavy atom. The molecule has 6 atom stereocenters. The number of guanidine groups is 2. The molecule has 18 heteroatoms. The van der Waals surface area contributed by atoms with E-state index in [1.165, 1.54) is 16.7 Å². The quantitative estimate of drug-likeness (QED) is 0.0448. The number of carboxylic acids is 1. The first-order valence-electron chi connectivity index (χ1n) is 14.7. The fourth-order valence-electron chi connectivity index (χ4n) is 5.26. The van der Waals surface area contributed by atoms with Crippen LogP contribution in [-0.4, -0.2) is 124 Å². The number of aliphatic hydroxyl groups excluding tert-OH is 1. The van der Waals surface area contributed by atoms with E-state index in [0.29, 0.717) is 38.5 Å². The second kappa shape index (κ2) is 17.2. The highest BCUT2D eigenvalue weighted by molar-refractivity contribution is 5.96. The number of nitrogens with one attached hydrogen (secondary N) is 2. The molecule has 0 saturated carbocycles. The molecule has 18 nitrogen and oxygen atoms in total. The van der Waals surface area contributed by atoms with Crippen molar-refractivity contribution in [2.24, 2.45) is 38.7 Å². The zero-order chi connectivity index (χ0) is 33.0. The minimum absolute atomic E-state index is 0.0818. The molecule has 0 aromatic carbocycles. The van der Waals surface area contributed by atoms with Crippen LogP contribution < -0.4 is 39.3 Å². The lowest BCUT2D eigenvalue weighted by atomic mass is 10.1. The molecule has 2 aliphatic rings. The van der Waals surface area contributed by atoms with Crippen molar-refractivity contribution in [3.63, 3.8) is 0 Å². The predicted octanol–water partition coefficient (Wildman–Crippen LogP) is -4.16. The van der Waals surface area contributed by atoms with Crippen molar-refractivity contribution in [2.45, 2.75) is 94.6 Å². The van der Waals surface area contributed by atoms with Crippen LogP contribution in [-0.2, 0) is 24.0 Å². The summed E-state index contributed by atoms with van der Waals surface area (Å²) in [5.41, 5.74) is 27.1. The molecule has 14 N–H and O–H groups in total. The fraction of sp³-hybridized carbons (Fsp3) is 0.731. The van der Waals surface area contributed by atoms with Crippen LogP contribution in [0.2, 0.25) is 0 Å². The van der Waals surface area contributed by atoms with Gasteiger partial charge >= 0.3 is 5.97 Å². The van der Waals surface area contributed by atoms with Crippen LogP contribution in [0.5, 0.6) is 0 Å². The van der Waals surface area contributed by atoms with Crippen LogP contribution in [0.3, 0.4) is 0 Å². The van der Waals surface area contributed by atoms with Crippen molar-refractivity contribution in [1.29, 1.82) is 0 Å². The van der Waals surface area contributed by atoms with E-state index in [4.69, 9.17) is 28.7 Å². The number of hydrogen-bond acceptors (Lipinski definition) is 9. The number of nitrogens with zero attached hydrogens (tertiary/aromatic N) is 4. The van der Waals surface area contributed by atoms with E-state index in [2.05, 4.69) is 20.6 Å². The fourth-order valence-corrected chi connectivity index (χ4v) is 5.26. The van der Waals surface area contributed by atoms with E-state index in [1.54, 1.807) is 0 Å². The Balaban J connectivity index is 2.15. The number of aliphatic imine (C=N–C) groups is 2. The zero-order valence-electron chi connectivity index (χ0n) is 25.1. The Bertz CT molecular complexity index is 1090. The van der Waals surface area contributed by atoms with Gasteiger partial charge in [0.05, 0.1) is 6.10 Å². The highest BCUT2D eigenvalue weighted by Crippen LogP contribution is 2.26.